The maximum Gasteiger partial charge on any atom is 0.158 e. The van der Waals surface area contributed by atoms with E-state index in [0.29, 0.717) is 25.7 Å². The Kier molecular flexibility index (Phi) is 9.21. The van der Waals surface area contributed by atoms with Gasteiger partial charge < -0.3 is 0 Å². The topological polar surface area (TPSA) is 51.2 Å². The monoisotopic (exact) mass is 330 g/mol. The van der Waals surface area contributed by atoms with Crippen molar-refractivity contribution in [3.8, 4) is 0 Å². The fraction of sp³-hybridized carbons (Fsp3) is 0.571. The van der Waals surface area contributed by atoms with E-state index < -0.39 is 5.92 Å². The maximum absolute atomic E-state index is 12.3. The second-order valence-electron chi connectivity index (χ2n) is 6.18. The summed E-state index contributed by atoms with van der Waals surface area (Å²) in [7, 11) is 0. The van der Waals surface area contributed by atoms with E-state index in [9.17, 15) is 14.4 Å². The average molecular weight is 330 g/mol. The molecule has 2 unspecified atom stereocenters. The lowest BCUT2D eigenvalue weighted by molar-refractivity contribution is -0.129. The minimum atomic E-state index is -0.392. The van der Waals surface area contributed by atoms with Crippen LogP contribution in [0.25, 0.3) is 0 Å². The zero-order valence-electron chi connectivity index (χ0n) is 15.2. The van der Waals surface area contributed by atoms with Gasteiger partial charge >= 0.3 is 0 Å². The summed E-state index contributed by atoms with van der Waals surface area (Å²) in [5.41, 5.74) is 0.885. The van der Waals surface area contributed by atoms with E-state index in [0.717, 1.165) is 24.8 Å². The molecule has 0 heterocycles. The van der Waals surface area contributed by atoms with Gasteiger partial charge in [0.25, 0.3) is 0 Å². The van der Waals surface area contributed by atoms with Gasteiger partial charge in [0.2, 0.25) is 0 Å². The molecule has 0 aromatic carbocycles. The summed E-state index contributed by atoms with van der Waals surface area (Å²) in [6, 6.07) is 0. The van der Waals surface area contributed by atoms with Crippen LogP contribution in [0.15, 0.2) is 36.0 Å². The number of allylic oxidation sites excluding steroid dienone is 6. The van der Waals surface area contributed by atoms with Crippen molar-refractivity contribution in [2.75, 3.05) is 0 Å². The molecule has 132 valence electrons. The number of ketones is 3. The van der Waals surface area contributed by atoms with E-state index in [-0.39, 0.29) is 23.3 Å². The zero-order chi connectivity index (χ0) is 17.9. The fourth-order valence-corrected chi connectivity index (χ4v) is 3.00. The Hall–Kier alpha value is -1.77. The Bertz CT molecular complexity index is 537. The lowest BCUT2D eigenvalue weighted by Crippen LogP contribution is -2.26. The molecule has 1 rings (SSSR count). The summed E-state index contributed by atoms with van der Waals surface area (Å²) in [5.74, 6) is -0.355. The number of carbonyl (C=O) groups excluding carboxylic acids is 3. The highest BCUT2D eigenvalue weighted by Gasteiger charge is 2.27. The molecule has 0 N–H and O–H groups in total. The van der Waals surface area contributed by atoms with Crippen molar-refractivity contribution in [3.63, 3.8) is 0 Å². The molecule has 2 atom stereocenters. The first kappa shape index (κ1) is 20.3. The molecule has 3 nitrogen and oxygen atoms in total. The van der Waals surface area contributed by atoms with Crippen LogP contribution in [-0.4, -0.2) is 17.3 Å². The van der Waals surface area contributed by atoms with Gasteiger partial charge in [-0.1, -0.05) is 51.2 Å². The van der Waals surface area contributed by atoms with E-state index in [1.54, 1.807) is 0 Å². The smallest absolute Gasteiger partial charge is 0.158 e. The first-order chi connectivity index (χ1) is 11.5. The summed E-state index contributed by atoms with van der Waals surface area (Å²) >= 11 is 0. The van der Waals surface area contributed by atoms with Gasteiger partial charge in [0.15, 0.2) is 5.78 Å². The van der Waals surface area contributed by atoms with Crippen LogP contribution < -0.4 is 0 Å². The first-order valence-corrected chi connectivity index (χ1v) is 9.16. The molecule has 1 aliphatic rings. The van der Waals surface area contributed by atoms with Crippen molar-refractivity contribution in [1.29, 1.82) is 0 Å². The van der Waals surface area contributed by atoms with E-state index in [2.05, 4.69) is 0 Å². The Labute approximate surface area is 145 Å². The summed E-state index contributed by atoms with van der Waals surface area (Å²) < 4.78 is 0. The summed E-state index contributed by atoms with van der Waals surface area (Å²) in [6.45, 7) is 5.56. The van der Waals surface area contributed by atoms with E-state index in [4.69, 9.17) is 0 Å². The Balaban J connectivity index is 3.10. The molecule has 0 spiro atoms. The zero-order valence-corrected chi connectivity index (χ0v) is 15.2. The molecule has 0 saturated heterocycles. The largest absolute Gasteiger partial charge is 0.299 e. The summed E-state index contributed by atoms with van der Waals surface area (Å²) in [4.78, 5) is 36.6. The molecule has 0 radical (unpaired) electrons. The standard InChI is InChI=1S/C21H30O3/c1-4-19(22)16-12-8-7-9-14-17(20(23)5-2)18(21(24)6-3)15-11-10-13-16/h9,11,13-15,17-18H,4-8,10,12H2,1-3H3. The van der Waals surface area contributed by atoms with Crippen LogP contribution in [0.1, 0.15) is 65.7 Å². The molecule has 0 amide bonds. The van der Waals surface area contributed by atoms with Crippen LogP contribution in [0.4, 0.5) is 0 Å². The van der Waals surface area contributed by atoms with E-state index in [1.807, 2.05) is 51.2 Å². The highest BCUT2D eigenvalue weighted by molar-refractivity contribution is 5.95. The molecule has 0 fully saturated rings. The van der Waals surface area contributed by atoms with Gasteiger partial charge in [-0.05, 0) is 31.3 Å². The summed E-state index contributed by atoms with van der Waals surface area (Å²) in [5, 5.41) is 0. The minimum absolute atomic E-state index is 0.0913. The third kappa shape index (κ3) is 6.03. The lowest BCUT2D eigenvalue weighted by atomic mass is 9.82. The highest BCUT2D eigenvalue weighted by atomic mass is 16.1. The van der Waals surface area contributed by atoms with Crippen molar-refractivity contribution < 1.29 is 14.4 Å². The van der Waals surface area contributed by atoms with Crippen molar-refractivity contribution >= 4 is 17.3 Å². The van der Waals surface area contributed by atoms with Crippen LogP contribution >= 0.6 is 0 Å². The molecule has 24 heavy (non-hydrogen) atoms. The molecule has 0 aliphatic heterocycles. The van der Waals surface area contributed by atoms with Crippen molar-refractivity contribution in [3.05, 3.63) is 36.0 Å². The van der Waals surface area contributed by atoms with Crippen LogP contribution in [0.3, 0.4) is 0 Å². The van der Waals surface area contributed by atoms with Crippen LogP contribution in [-0.2, 0) is 14.4 Å². The predicted octanol–water partition coefficient (Wildman–Crippen LogP) is 4.77. The van der Waals surface area contributed by atoms with Gasteiger partial charge in [-0.2, -0.15) is 0 Å². The normalized spacial score (nSPS) is 22.2. The summed E-state index contributed by atoms with van der Waals surface area (Å²) in [6.07, 6.45) is 14.1. The van der Waals surface area contributed by atoms with Gasteiger partial charge in [0.05, 0.1) is 0 Å². The second-order valence-corrected chi connectivity index (χ2v) is 6.18. The van der Waals surface area contributed by atoms with Crippen molar-refractivity contribution in [2.45, 2.75) is 65.7 Å². The van der Waals surface area contributed by atoms with Crippen molar-refractivity contribution in [2.24, 2.45) is 11.8 Å². The number of rotatable bonds is 6. The molecule has 3 heteroatoms. The maximum atomic E-state index is 12.3. The van der Waals surface area contributed by atoms with Crippen LogP contribution in [0, 0.1) is 11.8 Å². The first-order valence-electron chi connectivity index (χ1n) is 9.16. The average Bonchev–Trinajstić information content (AvgIpc) is 2.60. The molecule has 0 aromatic rings. The second kappa shape index (κ2) is 10.9. The van der Waals surface area contributed by atoms with Gasteiger partial charge in [0.1, 0.15) is 11.6 Å². The molecule has 0 bridgehead atoms. The van der Waals surface area contributed by atoms with E-state index >= 15 is 0 Å². The molecule has 0 saturated carbocycles. The number of hydrogen-bond acceptors (Lipinski definition) is 3. The van der Waals surface area contributed by atoms with Gasteiger partial charge in [-0.3, -0.25) is 14.4 Å². The minimum Gasteiger partial charge on any atom is -0.299 e. The van der Waals surface area contributed by atoms with Gasteiger partial charge in [-0.25, -0.2) is 0 Å². The van der Waals surface area contributed by atoms with Gasteiger partial charge in [0, 0.05) is 31.1 Å². The van der Waals surface area contributed by atoms with Crippen LogP contribution in [0.5, 0.6) is 0 Å². The van der Waals surface area contributed by atoms with E-state index in [1.165, 1.54) is 0 Å². The Morgan fingerprint density at radius 3 is 2.04 bits per heavy atom. The quantitative estimate of drug-likeness (QED) is 0.659. The predicted molar refractivity (Wildman–Crippen MR) is 97.7 cm³/mol. The Morgan fingerprint density at radius 1 is 0.917 bits per heavy atom. The number of carbonyl (C=O) groups is 3. The SMILES string of the molecule is CCC(=O)C1=CCC=CC(C(=O)CC)C(C(=O)CC)C=CCCC1. The third-order valence-corrected chi connectivity index (χ3v) is 4.51. The number of Topliss-reactive ketones (excluding diaryl/α,β-unsaturated/α-hetero) is 3. The van der Waals surface area contributed by atoms with Crippen LogP contribution in [0.2, 0.25) is 0 Å². The lowest BCUT2D eigenvalue weighted by Gasteiger charge is -2.19. The van der Waals surface area contributed by atoms with Gasteiger partial charge in [-0.15, -0.1) is 0 Å². The Morgan fingerprint density at radius 2 is 1.50 bits per heavy atom. The third-order valence-electron chi connectivity index (χ3n) is 4.51. The number of hydrogen-bond donors (Lipinski definition) is 0. The molecule has 0 aromatic heterocycles. The molecular formula is C21H30O3. The molecule has 1 aliphatic carbocycles. The fourth-order valence-electron chi connectivity index (χ4n) is 3.00. The van der Waals surface area contributed by atoms with Crippen molar-refractivity contribution in [1.82, 2.24) is 0 Å². The highest BCUT2D eigenvalue weighted by Crippen LogP contribution is 2.23. The molecular weight excluding hydrogens is 300 g/mol.